The zero-order valence-electron chi connectivity index (χ0n) is 12.9. The van der Waals surface area contributed by atoms with E-state index in [2.05, 4.69) is 16.4 Å². The summed E-state index contributed by atoms with van der Waals surface area (Å²) < 4.78 is 0. The Morgan fingerprint density at radius 3 is 2.71 bits per heavy atom. The molecule has 1 N–H and O–H groups in total. The van der Waals surface area contributed by atoms with E-state index in [4.69, 9.17) is 0 Å². The number of thioether (sulfide) groups is 1. The Morgan fingerprint density at radius 2 is 1.83 bits per heavy atom. The lowest BCUT2D eigenvalue weighted by atomic mass is 10.2. The van der Waals surface area contributed by atoms with Crippen LogP contribution in [-0.4, -0.2) is 17.1 Å². The Balaban J connectivity index is 1.70. The van der Waals surface area contributed by atoms with Crippen molar-refractivity contribution in [3.05, 3.63) is 65.5 Å². The van der Waals surface area contributed by atoms with Crippen LogP contribution < -0.4 is 5.32 Å². The average molecular weight is 350 g/mol. The van der Waals surface area contributed by atoms with Gasteiger partial charge < -0.3 is 5.32 Å². The highest BCUT2D eigenvalue weighted by atomic mass is 32.2. The Kier molecular flexibility index (Phi) is 3.96. The van der Waals surface area contributed by atoms with E-state index >= 15 is 0 Å². The number of hydrogen-bond acceptors (Lipinski definition) is 4. The van der Waals surface area contributed by atoms with Crippen LogP contribution in [-0.2, 0) is 0 Å². The summed E-state index contributed by atoms with van der Waals surface area (Å²) in [6.07, 6.45) is 2.00. The summed E-state index contributed by atoms with van der Waals surface area (Å²) in [4.78, 5) is 19.9. The zero-order valence-corrected chi connectivity index (χ0v) is 14.6. The maximum Gasteiger partial charge on any atom is 0.265 e. The molecule has 24 heavy (non-hydrogen) atoms. The van der Waals surface area contributed by atoms with Crippen LogP contribution in [0.25, 0.3) is 21.1 Å². The molecule has 2 aromatic heterocycles. The number of aromatic nitrogens is 1. The highest BCUT2D eigenvalue weighted by molar-refractivity contribution is 7.98. The number of thiophene rings is 1. The molecule has 2 aromatic carbocycles. The molecule has 0 bridgehead atoms. The maximum atomic E-state index is 12.6. The van der Waals surface area contributed by atoms with E-state index in [1.807, 2.05) is 60.9 Å². The molecular weight excluding hydrogens is 336 g/mol. The first-order valence-electron chi connectivity index (χ1n) is 7.48. The monoisotopic (exact) mass is 350 g/mol. The quantitative estimate of drug-likeness (QED) is 0.501. The van der Waals surface area contributed by atoms with Gasteiger partial charge in [-0.05, 0) is 36.6 Å². The van der Waals surface area contributed by atoms with E-state index in [1.165, 1.54) is 11.3 Å². The molecule has 0 aliphatic carbocycles. The standard InChI is InChI=1S/C19H14N2OS2/c1-23-16-9-5-4-8-15(16)20-18(22)17-11-13-10-12-6-2-3-7-14(12)21-19(13)24-17/h2-11H,1H3,(H,20,22). The zero-order chi connectivity index (χ0) is 16.5. The van der Waals surface area contributed by atoms with Gasteiger partial charge in [-0.25, -0.2) is 4.98 Å². The van der Waals surface area contributed by atoms with Gasteiger partial charge in [0.2, 0.25) is 0 Å². The largest absolute Gasteiger partial charge is 0.320 e. The van der Waals surface area contributed by atoms with Crippen LogP contribution in [0.2, 0.25) is 0 Å². The smallest absolute Gasteiger partial charge is 0.265 e. The second-order valence-corrected chi connectivity index (χ2v) is 7.22. The maximum absolute atomic E-state index is 12.6. The summed E-state index contributed by atoms with van der Waals surface area (Å²) in [5.74, 6) is -0.0939. The average Bonchev–Trinajstić information content (AvgIpc) is 3.03. The number of anilines is 1. The van der Waals surface area contributed by atoms with Gasteiger partial charge in [0.1, 0.15) is 4.83 Å². The first kappa shape index (κ1) is 15.2. The number of benzene rings is 2. The van der Waals surface area contributed by atoms with E-state index < -0.39 is 0 Å². The second kappa shape index (κ2) is 6.26. The molecule has 0 spiro atoms. The molecule has 4 aromatic rings. The van der Waals surface area contributed by atoms with E-state index in [0.29, 0.717) is 4.88 Å². The fourth-order valence-corrected chi connectivity index (χ4v) is 4.09. The van der Waals surface area contributed by atoms with Crippen molar-refractivity contribution in [2.45, 2.75) is 4.90 Å². The van der Waals surface area contributed by atoms with Gasteiger partial charge in [-0.15, -0.1) is 23.1 Å². The summed E-state index contributed by atoms with van der Waals surface area (Å²) in [5, 5.41) is 5.09. The molecule has 0 saturated heterocycles. The van der Waals surface area contributed by atoms with Crippen LogP contribution in [0, 0.1) is 0 Å². The minimum absolute atomic E-state index is 0.0939. The third-order valence-corrected chi connectivity index (χ3v) is 5.63. The van der Waals surface area contributed by atoms with Gasteiger partial charge in [0.15, 0.2) is 0 Å². The molecule has 0 atom stereocenters. The fourth-order valence-electron chi connectivity index (χ4n) is 2.62. The van der Waals surface area contributed by atoms with Crippen LogP contribution in [0.1, 0.15) is 9.67 Å². The Hall–Kier alpha value is -2.37. The summed E-state index contributed by atoms with van der Waals surface area (Å²) in [7, 11) is 0. The van der Waals surface area contributed by atoms with Crippen molar-refractivity contribution in [3.8, 4) is 0 Å². The van der Waals surface area contributed by atoms with Crippen molar-refractivity contribution in [1.29, 1.82) is 0 Å². The number of rotatable bonds is 3. The van der Waals surface area contributed by atoms with E-state index in [-0.39, 0.29) is 5.91 Å². The third-order valence-electron chi connectivity index (χ3n) is 3.79. The van der Waals surface area contributed by atoms with Crippen LogP contribution in [0.3, 0.4) is 0 Å². The summed E-state index contributed by atoms with van der Waals surface area (Å²) in [6.45, 7) is 0. The van der Waals surface area contributed by atoms with Gasteiger partial charge in [-0.2, -0.15) is 0 Å². The molecule has 4 rings (SSSR count). The van der Waals surface area contributed by atoms with Gasteiger partial charge in [0.25, 0.3) is 5.91 Å². The Labute approximate surface area is 147 Å². The van der Waals surface area contributed by atoms with Gasteiger partial charge in [0.05, 0.1) is 16.1 Å². The number of nitrogens with one attached hydrogen (secondary N) is 1. The van der Waals surface area contributed by atoms with Crippen LogP contribution in [0.4, 0.5) is 5.69 Å². The van der Waals surface area contributed by atoms with Gasteiger partial charge in [-0.1, -0.05) is 30.3 Å². The lowest BCUT2D eigenvalue weighted by Crippen LogP contribution is -2.10. The van der Waals surface area contributed by atoms with Crippen LogP contribution in [0.5, 0.6) is 0 Å². The van der Waals surface area contributed by atoms with Crippen molar-refractivity contribution in [1.82, 2.24) is 4.98 Å². The molecule has 3 nitrogen and oxygen atoms in total. The predicted molar refractivity (Wildman–Crippen MR) is 103 cm³/mol. The van der Waals surface area contributed by atoms with Crippen LogP contribution >= 0.6 is 23.1 Å². The summed E-state index contributed by atoms with van der Waals surface area (Å²) >= 11 is 3.04. The normalized spacial score (nSPS) is 11.0. The number of amides is 1. The first-order valence-corrected chi connectivity index (χ1v) is 9.52. The number of hydrogen-bond donors (Lipinski definition) is 1. The van der Waals surface area contributed by atoms with Crippen molar-refractivity contribution in [2.24, 2.45) is 0 Å². The predicted octanol–water partition coefficient (Wildman–Crippen LogP) is 5.42. The van der Waals surface area contributed by atoms with E-state index in [1.54, 1.807) is 11.8 Å². The molecule has 0 fully saturated rings. The first-order chi connectivity index (χ1) is 11.7. The lowest BCUT2D eigenvalue weighted by molar-refractivity contribution is 0.103. The summed E-state index contributed by atoms with van der Waals surface area (Å²) in [6, 6.07) is 19.8. The molecule has 2 heterocycles. The Bertz CT molecular complexity index is 1000. The van der Waals surface area contributed by atoms with Gasteiger partial charge in [0, 0.05) is 15.7 Å². The fraction of sp³-hybridized carbons (Fsp3) is 0.0526. The SMILES string of the molecule is CSc1ccccc1NC(=O)c1cc2cc3ccccc3nc2s1. The molecular formula is C19H14N2OS2. The molecule has 118 valence electrons. The number of carbonyl (C=O) groups excluding carboxylic acids is 1. The molecule has 0 saturated carbocycles. The van der Waals surface area contributed by atoms with Crippen molar-refractivity contribution in [3.63, 3.8) is 0 Å². The number of nitrogens with zero attached hydrogens (tertiary/aromatic N) is 1. The Morgan fingerprint density at radius 1 is 1.04 bits per heavy atom. The minimum atomic E-state index is -0.0939. The van der Waals surface area contributed by atoms with E-state index in [0.717, 1.165) is 31.7 Å². The molecule has 0 radical (unpaired) electrons. The van der Waals surface area contributed by atoms with Crippen molar-refractivity contribution in [2.75, 3.05) is 11.6 Å². The number of carbonyl (C=O) groups is 1. The number of pyridine rings is 1. The number of fused-ring (bicyclic) bond motifs is 2. The minimum Gasteiger partial charge on any atom is -0.320 e. The lowest BCUT2D eigenvalue weighted by Gasteiger charge is -2.07. The van der Waals surface area contributed by atoms with Crippen LogP contribution in [0.15, 0.2) is 65.6 Å². The molecule has 0 unspecified atom stereocenters. The molecule has 1 amide bonds. The molecule has 0 aliphatic heterocycles. The topological polar surface area (TPSA) is 42.0 Å². The highest BCUT2D eigenvalue weighted by Gasteiger charge is 2.13. The molecule has 0 aliphatic rings. The van der Waals surface area contributed by atoms with E-state index in [9.17, 15) is 4.79 Å². The highest BCUT2D eigenvalue weighted by Crippen LogP contribution is 2.29. The summed E-state index contributed by atoms with van der Waals surface area (Å²) in [5.41, 5.74) is 1.79. The van der Waals surface area contributed by atoms with Gasteiger partial charge in [-0.3, -0.25) is 4.79 Å². The molecule has 5 heteroatoms. The van der Waals surface area contributed by atoms with Crippen molar-refractivity contribution < 1.29 is 4.79 Å². The second-order valence-electron chi connectivity index (χ2n) is 5.34. The third kappa shape index (κ3) is 2.77. The number of para-hydroxylation sites is 2. The van der Waals surface area contributed by atoms with Crippen molar-refractivity contribution >= 4 is 55.8 Å². The van der Waals surface area contributed by atoms with Gasteiger partial charge >= 0.3 is 0 Å².